The largest absolute Gasteiger partial charge is 0.373 e. The van der Waals surface area contributed by atoms with Crippen LogP contribution in [0.15, 0.2) is 0 Å². The first-order valence-corrected chi connectivity index (χ1v) is 10.9. The molecule has 4 fully saturated rings. The minimum atomic E-state index is -0.0693. The highest BCUT2D eigenvalue weighted by Crippen LogP contribution is 2.45. The Balaban J connectivity index is 0.00000140. The van der Waals surface area contributed by atoms with Crippen LogP contribution in [0.4, 0.5) is 0 Å². The number of nitrogens with zero attached hydrogens (tertiary/aromatic N) is 2. The van der Waals surface area contributed by atoms with Crippen molar-refractivity contribution >= 4 is 30.7 Å². The van der Waals surface area contributed by atoms with E-state index in [2.05, 4.69) is 29.0 Å². The van der Waals surface area contributed by atoms with E-state index in [-0.39, 0.29) is 30.2 Å². The molecule has 2 unspecified atom stereocenters. The summed E-state index contributed by atoms with van der Waals surface area (Å²) in [6.07, 6.45) is 7.90. The number of ether oxygens (including phenoxy) is 1. The summed E-state index contributed by atoms with van der Waals surface area (Å²) < 4.78 is 5.86. The van der Waals surface area contributed by atoms with Gasteiger partial charge in [-0.05, 0) is 57.9 Å². The zero-order valence-electron chi connectivity index (χ0n) is 17.5. The van der Waals surface area contributed by atoms with Gasteiger partial charge in [-0.2, -0.15) is 0 Å². The predicted molar refractivity (Wildman–Crippen MR) is 118 cm³/mol. The van der Waals surface area contributed by atoms with E-state index in [1.807, 2.05) is 0 Å². The van der Waals surface area contributed by atoms with Gasteiger partial charge in [0.2, 0.25) is 5.91 Å². The molecule has 0 spiro atoms. The summed E-state index contributed by atoms with van der Waals surface area (Å²) >= 11 is 0. The van der Waals surface area contributed by atoms with Crippen LogP contribution in [0.25, 0.3) is 0 Å². The molecular weight excluding hydrogens is 397 g/mol. The maximum absolute atomic E-state index is 13.4. The maximum Gasteiger partial charge on any atom is 0.230 e. The van der Waals surface area contributed by atoms with Crippen LogP contribution in [0.1, 0.15) is 52.4 Å². The van der Waals surface area contributed by atoms with Crippen LogP contribution in [0, 0.1) is 17.3 Å². The van der Waals surface area contributed by atoms with Gasteiger partial charge in [-0.3, -0.25) is 9.69 Å². The fourth-order valence-corrected chi connectivity index (χ4v) is 6.10. The van der Waals surface area contributed by atoms with Crippen LogP contribution in [-0.2, 0) is 9.53 Å². The third-order valence-electron chi connectivity index (χ3n) is 7.38. The van der Waals surface area contributed by atoms with Crippen molar-refractivity contribution in [1.82, 2.24) is 15.1 Å². The molecule has 0 radical (unpaired) electrons. The number of nitrogens with one attached hydrogen (secondary N) is 1. The van der Waals surface area contributed by atoms with E-state index in [9.17, 15) is 4.79 Å². The number of likely N-dealkylation sites (tertiary alicyclic amines) is 1. The van der Waals surface area contributed by atoms with E-state index in [1.165, 1.54) is 38.6 Å². The van der Waals surface area contributed by atoms with Gasteiger partial charge >= 0.3 is 0 Å². The van der Waals surface area contributed by atoms with Gasteiger partial charge in [0.1, 0.15) is 0 Å². The summed E-state index contributed by atoms with van der Waals surface area (Å²) in [6, 6.07) is 0. The summed E-state index contributed by atoms with van der Waals surface area (Å²) in [5.41, 5.74) is -0.0693. The smallest absolute Gasteiger partial charge is 0.230 e. The molecule has 4 aliphatic rings. The monoisotopic (exact) mass is 435 g/mol. The number of fused-ring (bicyclic) bond motifs is 1. The van der Waals surface area contributed by atoms with Gasteiger partial charge < -0.3 is 15.0 Å². The molecule has 0 aromatic heterocycles. The summed E-state index contributed by atoms with van der Waals surface area (Å²) in [6.45, 7) is 11.5. The Morgan fingerprint density at radius 1 is 1.07 bits per heavy atom. The molecule has 0 aromatic carbocycles. The number of piperidine rings is 1. The molecule has 1 N–H and O–H groups in total. The Morgan fingerprint density at radius 3 is 2.43 bits per heavy atom. The van der Waals surface area contributed by atoms with Crippen molar-refractivity contribution in [3.63, 3.8) is 0 Å². The van der Waals surface area contributed by atoms with E-state index < -0.39 is 0 Å². The van der Waals surface area contributed by atoms with Crippen LogP contribution >= 0.6 is 24.8 Å². The van der Waals surface area contributed by atoms with Gasteiger partial charge in [-0.15, -0.1) is 24.8 Å². The third kappa shape index (κ3) is 4.97. The molecule has 4 rings (SSSR count). The van der Waals surface area contributed by atoms with E-state index in [0.717, 1.165) is 51.6 Å². The second kappa shape index (κ2) is 10.3. The Kier molecular flexibility index (Phi) is 8.90. The summed E-state index contributed by atoms with van der Waals surface area (Å²) in [5.74, 6) is 1.79. The zero-order chi connectivity index (χ0) is 18.1. The van der Waals surface area contributed by atoms with Crippen LogP contribution in [0.5, 0.6) is 0 Å². The molecule has 3 saturated heterocycles. The summed E-state index contributed by atoms with van der Waals surface area (Å²) in [4.78, 5) is 18.2. The van der Waals surface area contributed by atoms with Gasteiger partial charge in [0.15, 0.2) is 0 Å². The van der Waals surface area contributed by atoms with Gasteiger partial charge in [0.25, 0.3) is 0 Å². The van der Waals surface area contributed by atoms with Crippen LogP contribution in [-0.4, -0.2) is 73.7 Å². The normalized spacial score (nSPS) is 36.9. The molecule has 3 heterocycles. The standard InChI is InChI=1S/C21H37N3O2.2ClH/c1-16-12-23(13-17(2)26-16)14-18-6-9-24(10-7-18)20(25)21-8-4-3-5-19(21)11-22-15-21;;/h16-19,22H,3-15H2,1-2H3;2*1H/t16?,17?,19-,21+;;/m0../s1. The Hall–Kier alpha value is -0.0700. The lowest BCUT2D eigenvalue weighted by Crippen LogP contribution is -2.53. The quantitative estimate of drug-likeness (QED) is 0.739. The minimum absolute atomic E-state index is 0. The molecule has 5 nitrogen and oxygen atoms in total. The van der Waals surface area contributed by atoms with Crippen molar-refractivity contribution in [2.24, 2.45) is 17.3 Å². The fraction of sp³-hybridized carbons (Fsp3) is 0.952. The molecule has 0 bridgehead atoms. The number of hydrogen-bond acceptors (Lipinski definition) is 4. The van der Waals surface area contributed by atoms with Gasteiger partial charge in [-0.1, -0.05) is 12.8 Å². The molecular formula is C21H39Cl2N3O2. The highest BCUT2D eigenvalue weighted by atomic mass is 35.5. The van der Waals surface area contributed by atoms with Crippen molar-refractivity contribution in [2.75, 3.05) is 45.8 Å². The number of halogens is 2. The fourth-order valence-electron chi connectivity index (χ4n) is 6.10. The predicted octanol–water partition coefficient (Wildman–Crippen LogP) is 2.96. The SMILES string of the molecule is CC1CN(CC2CCN(C(=O)[C@@]34CCCC[C@H]3CNC4)CC2)CC(C)O1.Cl.Cl. The van der Waals surface area contributed by atoms with Crippen molar-refractivity contribution in [3.05, 3.63) is 0 Å². The van der Waals surface area contributed by atoms with E-state index >= 15 is 0 Å². The summed E-state index contributed by atoms with van der Waals surface area (Å²) in [7, 11) is 0. The Bertz CT molecular complexity index is 506. The number of amides is 1. The lowest BCUT2D eigenvalue weighted by molar-refractivity contribution is -0.147. The lowest BCUT2D eigenvalue weighted by atomic mass is 9.67. The van der Waals surface area contributed by atoms with Crippen LogP contribution < -0.4 is 5.32 Å². The van der Waals surface area contributed by atoms with Crippen molar-refractivity contribution < 1.29 is 9.53 Å². The number of hydrogen-bond donors (Lipinski definition) is 1. The van der Waals surface area contributed by atoms with Gasteiger partial charge in [0.05, 0.1) is 17.6 Å². The van der Waals surface area contributed by atoms with Gasteiger partial charge in [0, 0.05) is 39.3 Å². The highest BCUT2D eigenvalue weighted by Gasteiger charge is 2.51. The topological polar surface area (TPSA) is 44.8 Å². The molecule has 4 atom stereocenters. The average Bonchev–Trinajstić information content (AvgIpc) is 3.06. The first kappa shape index (κ1) is 24.2. The second-order valence-corrected chi connectivity index (χ2v) is 9.44. The summed E-state index contributed by atoms with van der Waals surface area (Å²) in [5, 5.41) is 3.53. The first-order valence-electron chi connectivity index (χ1n) is 10.9. The van der Waals surface area contributed by atoms with Gasteiger partial charge in [-0.25, -0.2) is 0 Å². The van der Waals surface area contributed by atoms with Crippen LogP contribution in [0.2, 0.25) is 0 Å². The zero-order valence-corrected chi connectivity index (χ0v) is 19.2. The third-order valence-corrected chi connectivity index (χ3v) is 7.38. The number of carbonyl (C=O) groups excluding carboxylic acids is 1. The van der Waals surface area contributed by atoms with E-state index in [4.69, 9.17) is 4.74 Å². The first-order chi connectivity index (χ1) is 12.6. The second-order valence-electron chi connectivity index (χ2n) is 9.44. The van der Waals surface area contributed by atoms with Crippen LogP contribution in [0.3, 0.4) is 0 Å². The Morgan fingerprint density at radius 2 is 1.75 bits per heavy atom. The Labute approximate surface area is 183 Å². The maximum atomic E-state index is 13.4. The van der Waals surface area contributed by atoms with Crippen molar-refractivity contribution in [3.8, 4) is 0 Å². The number of carbonyl (C=O) groups is 1. The number of morpholine rings is 1. The molecule has 1 aliphatic carbocycles. The van der Waals surface area contributed by atoms with Crippen molar-refractivity contribution in [2.45, 2.75) is 64.6 Å². The van der Waals surface area contributed by atoms with E-state index in [1.54, 1.807) is 0 Å². The number of rotatable bonds is 3. The molecule has 164 valence electrons. The van der Waals surface area contributed by atoms with Crippen molar-refractivity contribution in [1.29, 1.82) is 0 Å². The molecule has 1 saturated carbocycles. The molecule has 0 aromatic rings. The molecule has 3 aliphatic heterocycles. The lowest BCUT2D eigenvalue weighted by Gasteiger charge is -2.44. The average molecular weight is 436 g/mol. The minimum Gasteiger partial charge on any atom is -0.373 e. The highest BCUT2D eigenvalue weighted by molar-refractivity contribution is 5.85. The van der Waals surface area contributed by atoms with E-state index in [0.29, 0.717) is 24.0 Å². The molecule has 28 heavy (non-hydrogen) atoms. The molecule has 1 amide bonds. The molecule has 7 heteroatoms.